The van der Waals surface area contributed by atoms with Gasteiger partial charge in [0.2, 0.25) is 0 Å². The molecule has 1 aromatic rings. The third-order valence-corrected chi connectivity index (χ3v) is 3.28. The van der Waals surface area contributed by atoms with Gasteiger partial charge in [-0.05, 0) is 44.1 Å². The van der Waals surface area contributed by atoms with Crippen molar-refractivity contribution >= 4 is 11.6 Å². The van der Waals surface area contributed by atoms with Crippen LogP contribution < -0.4 is 5.32 Å². The van der Waals surface area contributed by atoms with Gasteiger partial charge in [0, 0.05) is 19.3 Å². The first-order valence-corrected chi connectivity index (χ1v) is 6.13. The van der Waals surface area contributed by atoms with E-state index in [4.69, 9.17) is 11.6 Å². The molecule has 1 N–H and O–H groups in total. The molecule has 1 fully saturated rings. The molecule has 0 radical (unpaired) electrons. The molecule has 88 valence electrons. The van der Waals surface area contributed by atoms with Gasteiger partial charge >= 0.3 is 0 Å². The number of hydrogen-bond acceptors (Lipinski definition) is 3. The molecule has 16 heavy (non-hydrogen) atoms. The molecule has 1 aliphatic rings. The van der Waals surface area contributed by atoms with Crippen LogP contribution in [0.4, 0.5) is 0 Å². The van der Waals surface area contributed by atoms with E-state index in [0.717, 1.165) is 19.0 Å². The molecule has 0 bridgehead atoms. The van der Waals surface area contributed by atoms with Gasteiger partial charge in [-0.1, -0.05) is 17.7 Å². The van der Waals surface area contributed by atoms with Crippen molar-refractivity contribution in [3.63, 3.8) is 0 Å². The average molecular weight is 240 g/mol. The van der Waals surface area contributed by atoms with Crippen molar-refractivity contribution in [3.05, 3.63) is 29.0 Å². The Bertz CT molecular complexity index is 326. The van der Waals surface area contributed by atoms with Crippen molar-refractivity contribution in [1.82, 2.24) is 15.2 Å². The van der Waals surface area contributed by atoms with E-state index in [-0.39, 0.29) is 0 Å². The van der Waals surface area contributed by atoms with E-state index < -0.39 is 0 Å². The quantitative estimate of drug-likeness (QED) is 0.812. The smallest absolute Gasteiger partial charge is 0.129 e. The Balaban J connectivity index is 1.84. The molecule has 1 aromatic heterocycles. The maximum absolute atomic E-state index is 5.76. The van der Waals surface area contributed by atoms with Crippen LogP contribution in [0.15, 0.2) is 18.3 Å². The van der Waals surface area contributed by atoms with Crippen LogP contribution in [0.2, 0.25) is 5.15 Å². The fourth-order valence-electron chi connectivity index (χ4n) is 2.27. The third-order valence-electron chi connectivity index (χ3n) is 3.06. The summed E-state index contributed by atoms with van der Waals surface area (Å²) in [4.78, 5) is 6.58. The average Bonchev–Trinajstić information content (AvgIpc) is 2.70. The second kappa shape index (κ2) is 5.62. The molecule has 1 unspecified atom stereocenters. The zero-order valence-corrected chi connectivity index (χ0v) is 10.4. The lowest BCUT2D eigenvalue weighted by Gasteiger charge is -2.15. The lowest BCUT2D eigenvalue weighted by Crippen LogP contribution is -2.24. The zero-order valence-electron chi connectivity index (χ0n) is 9.62. The van der Waals surface area contributed by atoms with Crippen LogP contribution in [0.3, 0.4) is 0 Å². The van der Waals surface area contributed by atoms with Crippen LogP contribution >= 0.6 is 11.6 Å². The minimum absolute atomic E-state index is 0.568. The van der Waals surface area contributed by atoms with Crippen molar-refractivity contribution in [1.29, 1.82) is 0 Å². The Morgan fingerprint density at radius 1 is 1.56 bits per heavy atom. The van der Waals surface area contributed by atoms with Gasteiger partial charge in [-0.2, -0.15) is 0 Å². The molecular formula is C12H18ClN3. The van der Waals surface area contributed by atoms with Gasteiger partial charge in [0.1, 0.15) is 5.15 Å². The van der Waals surface area contributed by atoms with Gasteiger partial charge in [0.05, 0.1) is 0 Å². The first-order valence-electron chi connectivity index (χ1n) is 5.75. The van der Waals surface area contributed by atoms with Crippen molar-refractivity contribution in [2.24, 2.45) is 5.92 Å². The number of hydrogen-bond donors (Lipinski definition) is 1. The molecule has 0 saturated carbocycles. The highest BCUT2D eigenvalue weighted by Gasteiger charge is 2.21. The third kappa shape index (κ3) is 3.17. The topological polar surface area (TPSA) is 28.2 Å². The van der Waals surface area contributed by atoms with E-state index in [0.29, 0.717) is 5.15 Å². The molecule has 0 spiro atoms. The second-order valence-electron chi connectivity index (χ2n) is 4.44. The normalized spacial score (nSPS) is 21.5. The molecule has 2 rings (SSSR count). The Kier molecular flexibility index (Phi) is 4.16. The van der Waals surface area contributed by atoms with Crippen LogP contribution in [0.25, 0.3) is 0 Å². The summed E-state index contributed by atoms with van der Waals surface area (Å²) in [7, 11) is 2.02. The monoisotopic (exact) mass is 239 g/mol. The lowest BCUT2D eigenvalue weighted by atomic mass is 10.1. The number of pyridine rings is 1. The minimum Gasteiger partial charge on any atom is -0.319 e. The molecule has 1 aliphatic heterocycles. The van der Waals surface area contributed by atoms with Gasteiger partial charge in [-0.25, -0.2) is 4.98 Å². The van der Waals surface area contributed by atoms with E-state index in [9.17, 15) is 0 Å². The molecule has 4 heteroatoms. The SMILES string of the molecule is CNCC1CCN(Cc2ccc(Cl)nc2)C1. The Morgan fingerprint density at radius 3 is 3.12 bits per heavy atom. The summed E-state index contributed by atoms with van der Waals surface area (Å²) in [5.41, 5.74) is 1.24. The predicted octanol–water partition coefficient (Wildman–Crippen LogP) is 1.78. The summed E-state index contributed by atoms with van der Waals surface area (Å²) in [5, 5.41) is 3.81. The van der Waals surface area contributed by atoms with Crippen LogP contribution in [-0.2, 0) is 6.54 Å². The summed E-state index contributed by atoms with van der Waals surface area (Å²) < 4.78 is 0. The van der Waals surface area contributed by atoms with Crippen molar-refractivity contribution in [3.8, 4) is 0 Å². The van der Waals surface area contributed by atoms with Crippen LogP contribution in [0.1, 0.15) is 12.0 Å². The highest BCUT2D eigenvalue weighted by molar-refractivity contribution is 6.29. The highest BCUT2D eigenvalue weighted by atomic mass is 35.5. The first kappa shape index (κ1) is 11.8. The standard InChI is InChI=1S/C12H18ClN3/c1-14-6-11-4-5-16(9-11)8-10-2-3-12(13)15-7-10/h2-3,7,11,14H,4-6,8-9H2,1H3. The largest absolute Gasteiger partial charge is 0.319 e. The van der Waals surface area contributed by atoms with E-state index in [2.05, 4.69) is 21.3 Å². The maximum Gasteiger partial charge on any atom is 0.129 e. The number of nitrogens with zero attached hydrogens (tertiary/aromatic N) is 2. The van der Waals surface area contributed by atoms with Crippen LogP contribution in [-0.4, -0.2) is 36.6 Å². The second-order valence-corrected chi connectivity index (χ2v) is 4.82. The Labute approximate surface area is 102 Å². The molecular weight excluding hydrogens is 222 g/mol. The molecule has 2 heterocycles. The lowest BCUT2D eigenvalue weighted by molar-refractivity contribution is 0.315. The summed E-state index contributed by atoms with van der Waals surface area (Å²) in [5.74, 6) is 0.797. The van der Waals surface area contributed by atoms with Gasteiger partial charge in [-0.15, -0.1) is 0 Å². The van der Waals surface area contributed by atoms with Crippen molar-refractivity contribution in [2.45, 2.75) is 13.0 Å². The highest BCUT2D eigenvalue weighted by Crippen LogP contribution is 2.18. The van der Waals surface area contributed by atoms with E-state index in [1.165, 1.54) is 25.1 Å². The minimum atomic E-state index is 0.568. The molecule has 0 aliphatic carbocycles. The number of rotatable bonds is 4. The van der Waals surface area contributed by atoms with Crippen LogP contribution in [0, 0.1) is 5.92 Å². The molecule has 0 aromatic carbocycles. The Morgan fingerprint density at radius 2 is 2.44 bits per heavy atom. The summed E-state index contributed by atoms with van der Waals surface area (Å²) in [6.07, 6.45) is 3.16. The van der Waals surface area contributed by atoms with Crippen molar-refractivity contribution < 1.29 is 0 Å². The van der Waals surface area contributed by atoms with E-state index in [1.807, 2.05) is 19.3 Å². The summed E-state index contributed by atoms with van der Waals surface area (Å²) in [6, 6.07) is 3.92. The fraction of sp³-hybridized carbons (Fsp3) is 0.583. The molecule has 1 saturated heterocycles. The van der Waals surface area contributed by atoms with E-state index >= 15 is 0 Å². The van der Waals surface area contributed by atoms with Crippen LogP contribution in [0.5, 0.6) is 0 Å². The Hall–Kier alpha value is -0.640. The number of likely N-dealkylation sites (tertiary alicyclic amines) is 1. The van der Waals surface area contributed by atoms with Crippen molar-refractivity contribution in [2.75, 3.05) is 26.7 Å². The van der Waals surface area contributed by atoms with Gasteiger partial charge in [-0.3, -0.25) is 4.90 Å². The molecule has 1 atom stereocenters. The van der Waals surface area contributed by atoms with Gasteiger partial charge in [0.15, 0.2) is 0 Å². The molecule has 0 amide bonds. The summed E-state index contributed by atoms with van der Waals surface area (Å²) in [6.45, 7) is 4.48. The molecule has 3 nitrogen and oxygen atoms in total. The zero-order chi connectivity index (χ0) is 11.4. The first-order chi connectivity index (χ1) is 7.78. The number of nitrogens with one attached hydrogen (secondary N) is 1. The fourth-order valence-corrected chi connectivity index (χ4v) is 2.38. The number of halogens is 1. The number of aromatic nitrogens is 1. The van der Waals surface area contributed by atoms with E-state index in [1.54, 1.807) is 0 Å². The predicted molar refractivity (Wildman–Crippen MR) is 66.6 cm³/mol. The summed E-state index contributed by atoms with van der Waals surface area (Å²) >= 11 is 5.76. The van der Waals surface area contributed by atoms with Gasteiger partial charge in [0.25, 0.3) is 0 Å². The van der Waals surface area contributed by atoms with Gasteiger partial charge < -0.3 is 5.32 Å². The maximum atomic E-state index is 5.76.